The number of phenolic OH excluding ortho intramolecular Hbond substituents is 1. The molecule has 4 heteroatoms. The van der Waals surface area contributed by atoms with Gasteiger partial charge in [-0.3, -0.25) is 0 Å². The minimum absolute atomic E-state index is 0.0136. The normalized spacial score (nSPS) is 15.2. The number of aliphatic hydroxyl groups is 1. The summed E-state index contributed by atoms with van der Waals surface area (Å²) < 4.78 is 0. The highest BCUT2D eigenvalue weighted by Crippen LogP contribution is 2.31. The van der Waals surface area contributed by atoms with Crippen molar-refractivity contribution in [1.29, 1.82) is 0 Å². The summed E-state index contributed by atoms with van der Waals surface area (Å²) >= 11 is 5.82. The van der Waals surface area contributed by atoms with E-state index in [9.17, 15) is 5.11 Å². The molecule has 4 N–H and O–H groups in total. The van der Waals surface area contributed by atoms with E-state index in [2.05, 4.69) is 0 Å². The summed E-state index contributed by atoms with van der Waals surface area (Å²) in [6, 6.07) is 3.13. The average Bonchev–Trinajstić information content (AvgIpc) is 2.11. The Morgan fingerprint density at radius 3 is 2.57 bits per heavy atom. The third-order valence-electron chi connectivity index (χ3n) is 2.22. The molecule has 1 rings (SSSR count). The number of rotatable bonds is 2. The van der Waals surface area contributed by atoms with Gasteiger partial charge < -0.3 is 15.9 Å². The summed E-state index contributed by atoms with van der Waals surface area (Å²) in [6.07, 6.45) is 0. The molecule has 0 fully saturated rings. The zero-order valence-corrected chi connectivity index (χ0v) is 8.97. The maximum atomic E-state index is 9.61. The van der Waals surface area contributed by atoms with Gasteiger partial charge in [0.15, 0.2) is 0 Å². The highest BCUT2D eigenvalue weighted by atomic mass is 35.5. The molecule has 0 bridgehead atoms. The van der Waals surface area contributed by atoms with Gasteiger partial charge in [0.25, 0.3) is 0 Å². The highest BCUT2D eigenvalue weighted by molar-refractivity contribution is 6.31. The summed E-state index contributed by atoms with van der Waals surface area (Å²) in [5, 5.41) is 19.2. The molecule has 14 heavy (non-hydrogen) atoms. The van der Waals surface area contributed by atoms with Crippen LogP contribution in [0.1, 0.15) is 18.1 Å². The second-order valence-corrected chi connectivity index (χ2v) is 4.10. The molecule has 0 radical (unpaired) electrons. The fraction of sp³-hybridized carbons (Fsp3) is 0.400. The summed E-state index contributed by atoms with van der Waals surface area (Å²) in [5.41, 5.74) is 6.18. The van der Waals surface area contributed by atoms with E-state index in [1.54, 1.807) is 13.0 Å². The van der Waals surface area contributed by atoms with Crippen molar-refractivity contribution in [3.05, 3.63) is 28.3 Å². The van der Waals surface area contributed by atoms with Gasteiger partial charge in [-0.1, -0.05) is 11.6 Å². The number of aliphatic hydroxyl groups excluding tert-OH is 1. The Balaban J connectivity index is 3.29. The molecule has 0 heterocycles. The highest BCUT2D eigenvalue weighted by Gasteiger charge is 2.24. The van der Waals surface area contributed by atoms with Crippen molar-refractivity contribution < 1.29 is 10.2 Å². The summed E-state index contributed by atoms with van der Waals surface area (Å²) in [7, 11) is 0. The Kier molecular flexibility index (Phi) is 3.04. The SMILES string of the molecule is Cc1cc([C@@](C)(N)CO)c(O)cc1Cl. The number of halogens is 1. The van der Waals surface area contributed by atoms with Crippen molar-refractivity contribution in [2.45, 2.75) is 19.4 Å². The topological polar surface area (TPSA) is 66.5 Å². The van der Waals surface area contributed by atoms with Gasteiger partial charge >= 0.3 is 0 Å². The molecule has 0 aliphatic rings. The second kappa shape index (κ2) is 3.77. The van der Waals surface area contributed by atoms with E-state index in [1.807, 2.05) is 6.92 Å². The lowest BCUT2D eigenvalue weighted by Crippen LogP contribution is -2.37. The maximum absolute atomic E-state index is 9.61. The lowest BCUT2D eigenvalue weighted by Gasteiger charge is -2.24. The van der Waals surface area contributed by atoms with E-state index in [0.717, 1.165) is 5.56 Å². The number of hydrogen-bond donors (Lipinski definition) is 3. The van der Waals surface area contributed by atoms with Crippen molar-refractivity contribution in [3.8, 4) is 5.75 Å². The fourth-order valence-electron chi connectivity index (χ4n) is 1.21. The molecule has 0 aromatic heterocycles. The van der Waals surface area contributed by atoms with Crippen LogP contribution in [-0.2, 0) is 5.54 Å². The van der Waals surface area contributed by atoms with Crippen molar-refractivity contribution in [3.63, 3.8) is 0 Å². The quantitative estimate of drug-likeness (QED) is 0.701. The zero-order valence-electron chi connectivity index (χ0n) is 8.21. The van der Waals surface area contributed by atoms with Crippen LogP contribution in [0.5, 0.6) is 5.75 Å². The zero-order chi connectivity index (χ0) is 10.9. The summed E-state index contributed by atoms with van der Waals surface area (Å²) in [4.78, 5) is 0. The first-order chi connectivity index (χ1) is 6.38. The predicted molar refractivity (Wildman–Crippen MR) is 56.5 cm³/mol. The Hall–Kier alpha value is -0.770. The number of phenols is 1. The van der Waals surface area contributed by atoms with Gasteiger partial charge in [0.2, 0.25) is 0 Å². The van der Waals surface area contributed by atoms with Crippen molar-refractivity contribution >= 4 is 11.6 Å². The fourth-order valence-corrected chi connectivity index (χ4v) is 1.37. The molecule has 1 aromatic carbocycles. The first kappa shape index (κ1) is 11.3. The Morgan fingerprint density at radius 2 is 2.07 bits per heavy atom. The maximum Gasteiger partial charge on any atom is 0.122 e. The van der Waals surface area contributed by atoms with Gasteiger partial charge in [-0.2, -0.15) is 0 Å². The first-order valence-corrected chi connectivity index (χ1v) is 4.65. The molecule has 3 nitrogen and oxygen atoms in total. The number of hydrogen-bond acceptors (Lipinski definition) is 3. The first-order valence-electron chi connectivity index (χ1n) is 4.28. The van der Waals surface area contributed by atoms with E-state index < -0.39 is 5.54 Å². The van der Waals surface area contributed by atoms with Gasteiger partial charge in [-0.15, -0.1) is 0 Å². The molecular formula is C10H14ClNO2. The predicted octanol–water partition coefficient (Wildman–Crippen LogP) is 1.52. The Labute approximate surface area is 88.1 Å². The van der Waals surface area contributed by atoms with Crippen LogP contribution in [0.2, 0.25) is 5.02 Å². The summed E-state index contributed by atoms with van der Waals surface area (Å²) in [6.45, 7) is 3.23. The molecule has 0 amide bonds. The van der Waals surface area contributed by atoms with Gasteiger partial charge in [0.05, 0.1) is 12.1 Å². The van der Waals surface area contributed by atoms with Gasteiger partial charge in [0, 0.05) is 10.6 Å². The van der Waals surface area contributed by atoms with E-state index in [0.29, 0.717) is 10.6 Å². The standard InChI is InChI=1S/C10H14ClNO2/c1-6-3-7(10(2,12)5-13)9(14)4-8(6)11/h3-4,13-14H,5,12H2,1-2H3/t10-/m0/s1. The molecule has 0 aliphatic heterocycles. The number of nitrogens with two attached hydrogens (primary N) is 1. The molecule has 1 atom stereocenters. The van der Waals surface area contributed by atoms with Crippen LogP contribution >= 0.6 is 11.6 Å². The monoisotopic (exact) mass is 215 g/mol. The number of aromatic hydroxyl groups is 1. The minimum Gasteiger partial charge on any atom is -0.508 e. The smallest absolute Gasteiger partial charge is 0.122 e. The molecule has 0 saturated carbocycles. The van der Waals surface area contributed by atoms with Crippen molar-refractivity contribution in [2.75, 3.05) is 6.61 Å². The Bertz CT molecular complexity index is 350. The largest absolute Gasteiger partial charge is 0.508 e. The van der Waals surface area contributed by atoms with Crippen LogP contribution < -0.4 is 5.73 Å². The molecule has 78 valence electrons. The lowest BCUT2D eigenvalue weighted by atomic mass is 9.92. The molecular weight excluding hydrogens is 202 g/mol. The van der Waals surface area contributed by atoms with E-state index in [4.69, 9.17) is 22.4 Å². The second-order valence-electron chi connectivity index (χ2n) is 3.69. The molecule has 1 aromatic rings. The summed E-state index contributed by atoms with van der Waals surface area (Å²) in [5.74, 6) is 0.0136. The van der Waals surface area contributed by atoms with Gasteiger partial charge in [-0.25, -0.2) is 0 Å². The van der Waals surface area contributed by atoms with Gasteiger partial charge in [0.1, 0.15) is 5.75 Å². The third kappa shape index (κ3) is 2.00. The van der Waals surface area contributed by atoms with Gasteiger partial charge in [-0.05, 0) is 31.5 Å². The minimum atomic E-state index is -0.945. The number of aryl methyl sites for hydroxylation is 1. The van der Waals surface area contributed by atoms with Crippen LogP contribution in [-0.4, -0.2) is 16.8 Å². The van der Waals surface area contributed by atoms with Crippen LogP contribution in [0.25, 0.3) is 0 Å². The van der Waals surface area contributed by atoms with E-state index in [-0.39, 0.29) is 12.4 Å². The van der Waals surface area contributed by atoms with E-state index in [1.165, 1.54) is 6.07 Å². The molecule has 0 saturated heterocycles. The van der Waals surface area contributed by atoms with Crippen LogP contribution in [0.4, 0.5) is 0 Å². The van der Waals surface area contributed by atoms with Crippen LogP contribution in [0.3, 0.4) is 0 Å². The van der Waals surface area contributed by atoms with E-state index >= 15 is 0 Å². The number of benzene rings is 1. The molecule has 0 spiro atoms. The third-order valence-corrected chi connectivity index (χ3v) is 2.63. The van der Waals surface area contributed by atoms with Crippen molar-refractivity contribution in [1.82, 2.24) is 0 Å². The van der Waals surface area contributed by atoms with Crippen LogP contribution in [0, 0.1) is 6.92 Å². The molecule has 0 aliphatic carbocycles. The van der Waals surface area contributed by atoms with Crippen LogP contribution in [0.15, 0.2) is 12.1 Å². The average molecular weight is 216 g/mol. The Morgan fingerprint density at radius 1 is 1.50 bits per heavy atom. The molecule has 0 unspecified atom stereocenters. The lowest BCUT2D eigenvalue weighted by molar-refractivity contribution is 0.207. The van der Waals surface area contributed by atoms with Crippen molar-refractivity contribution in [2.24, 2.45) is 5.73 Å².